The molecule has 0 aliphatic carbocycles. The molecular weight excluding hydrogens is 725 g/mol. The lowest BCUT2D eigenvalue weighted by atomic mass is 9.77. The van der Waals surface area contributed by atoms with E-state index in [1.165, 1.54) is 0 Å². The lowest BCUT2D eigenvalue weighted by molar-refractivity contribution is 0.481. The van der Waals surface area contributed by atoms with Gasteiger partial charge < -0.3 is 9.47 Å². The molecule has 0 bridgehead atoms. The van der Waals surface area contributed by atoms with Gasteiger partial charge in [0.25, 0.3) is 0 Å². The summed E-state index contributed by atoms with van der Waals surface area (Å²) in [6.07, 6.45) is 4.86. The Morgan fingerprint density at radius 3 is 1.11 bits per heavy atom. The summed E-state index contributed by atoms with van der Waals surface area (Å²) in [7, 11) is -3.80. The second-order valence-electron chi connectivity index (χ2n) is 14.9. The van der Waals surface area contributed by atoms with Gasteiger partial charge in [0.2, 0.25) is 9.84 Å². The fourth-order valence-electron chi connectivity index (χ4n) is 6.83. The third kappa shape index (κ3) is 8.60. The van der Waals surface area contributed by atoms with E-state index in [1.54, 1.807) is 60.7 Å². The molecule has 0 radical (unpaired) electrons. The average molecular weight is 769 g/mol. The highest BCUT2D eigenvalue weighted by Gasteiger charge is 2.26. The minimum Gasteiger partial charge on any atom is -0.457 e. The first-order chi connectivity index (χ1) is 27.3. The molecule has 0 aromatic heterocycles. The fourth-order valence-corrected chi connectivity index (χ4v) is 8.09. The molecule has 0 aliphatic rings. The summed E-state index contributed by atoms with van der Waals surface area (Å²) in [5.41, 5.74) is 6.92. The van der Waals surface area contributed by atoms with Crippen molar-refractivity contribution in [3.8, 4) is 35.1 Å². The molecule has 6 aromatic rings. The van der Waals surface area contributed by atoms with E-state index in [4.69, 9.17) is 9.47 Å². The Hall–Kier alpha value is -6.67. The smallest absolute Gasteiger partial charge is 0.206 e. The number of nitriles is 2. The molecule has 0 unspecified atom stereocenters. The lowest BCUT2D eigenvalue weighted by Crippen LogP contribution is -2.19. The SMILES string of the molecule is C=CCc1cc(C(C)(C)c2ccc(Oc3ccc(S(=O)(=O)c4ccc(Oc5ccc(C(C)(C)c6ccc(C#N)c(CC=C)c6)cc5)cc4)cc3)cc2)ccc1C#N. The van der Waals surface area contributed by atoms with Gasteiger partial charge in [0.1, 0.15) is 23.0 Å². The summed E-state index contributed by atoms with van der Waals surface area (Å²) >= 11 is 0. The molecule has 6 nitrogen and oxygen atoms in total. The van der Waals surface area contributed by atoms with Gasteiger partial charge in [-0.25, -0.2) is 8.42 Å². The molecule has 0 spiro atoms. The molecule has 0 atom stereocenters. The minimum absolute atomic E-state index is 0.149. The molecule has 0 saturated heterocycles. The highest BCUT2D eigenvalue weighted by Crippen LogP contribution is 2.36. The molecule has 0 aliphatic heterocycles. The second-order valence-corrected chi connectivity index (χ2v) is 16.9. The van der Waals surface area contributed by atoms with Crippen molar-refractivity contribution in [2.45, 2.75) is 61.2 Å². The monoisotopic (exact) mass is 768 g/mol. The zero-order valence-corrected chi connectivity index (χ0v) is 33.4. The zero-order valence-electron chi connectivity index (χ0n) is 32.6. The van der Waals surface area contributed by atoms with Crippen molar-refractivity contribution in [2.24, 2.45) is 0 Å². The second kappa shape index (κ2) is 16.6. The van der Waals surface area contributed by atoms with Gasteiger partial charge in [-0.15, -0.1) is 13.2 Å². The Labute approximate surface area is 336 Å². The summed E-state index contributed by atoms with van der Waals surface area (Å²) in [6, 6.07) is 44.8. The van der Waals surface area contributed by atoms with E-state index in [9.17, 15) is 18.9 Å². The Morgan fingerprint density at radius 2 is 0.807 bits per heavy atom. The first kappa shape index (κ1) is 40.0. The Bertz CT molecular complexity index is 2430. The molecule has 6 aromatic carbocycles. The topological polar surface area (TPSA) is 100 Å². The van der Waals surface area contributed by atoms with Gasteiger partial charge in [0.05, 0.1) is 33.1 Å². The van der Waals surface area contributed by atoms with Gasteiger partial charge >= 0.3 is 0 Å². The van der Waals surface area contributed by atoms with Crippen LogP contribution in [-0.2, 0) is 33.5 Å². The van der Waals surface area contributed by atoms with Crippen LogP contribution >= 0.6 is 0 Å². The Balaban J connectivity index is 1.09. The number of rotatable bonds is 14. The van der Waals surface area contributed by atoms with Crippen LogP contribution in [0.3, 0.4) is 0 Å². The molecule has 0 amide bonds. The van der Waals surface area contributed by atoms with E-state index in [-0.39, 0.29) is 20.6 Å². The van der Waals surface area contributed by atoms with E-state index in [2.05, 4.69) is 65.1 Å². The highest BCUT2D eigenvalue weighted by molar-refractivity contribution is 7.91. The van der Waals surface area contributed by atoms with Crippen LogP contribution in [0.2, 0.25) is 0 Å². The standard InChI is InChI=1S/C50H44N2O4S/c1-7-9-35-31-41(13-11-37(35)33-51)49(3,4)39-15-19-43(20-16-39)55-45-23-27-47(28-24-45)57(53,54)48-29-25-46(26-30-48)56-44-21-17-40(18-22-44)50(5,6)42-14-12-38(34-52)36(32-42)10-8-2/h7-8,11-32H,1-2,9-10H2,3-6H3. The molecule has 0 saturated carbocycles. The molecular formula is C50H44N2O4S. The number of hydrogen-bond donors (Lipinski definition) is 0. The zero-order chi connectivity index (χ0) is 40.8. The molecule has 284 valence electrons. The normalized spacial score (nSPS) is 11.5. The van der Waals surface area contributed by atoms with Crippen LogP contribution < -0.4 is 9.47 Å². The van der Waals surface area contributed by atoms with Gasteiger partial charge in [0.15, 0.2) is 0 Å². The van der Waals surface area contributed by atoms with Crippen molar-refractivity contribution < 1.29 is 17.9 Å². The van der Waals surface area contributed by atoms with Gasteiger partial charge in [-0.2, -0.15) is 10.5 Å². The molecule has 0 N–H and O–H groups in total. The van der Waals surface area contributed by atoms with E-state index in [0.29, 0.717) is 47.0 Å². The Kier molecular flexibility index (Phi) is 11.6. The van der Waals surface area contributed by atoms with E-state index < -0.39 is 9.84 Å². The van der Waals surface area contributed by atoms with Gasteiger partial charge in [-0.3, -0.25) is 0 Å². The molecule has 57 heavy (non-hydrogen) atoms. The van der Waals surface area contributed by atoms with Gasteiger partial charge in [-0.05, 0) is 131 Å². The first-order valence-corrected chi connectivity index (χ1v) is 20.1. The molecule has 0 heterocycles. The van der Waals surface area contributed by atoms with Crippen LogP contribution in [0.25, 0.3) is 0 Å². The van der Waals surface area contributed by atoms with Crippen LogP contribution in [0.4, 0.5) is 0 Å². The predicted octanol–water partition coefficient (Wildman–Crippen LogP) is 12.0. The minimum atomic E-state index is -3.80. The summed E-state index contributed by atoms with van der Waals surface area (Å²) < 4.78 is 39.2. The molecule has 0 fully saturated rings. The maximum absolute atomic E-state index is 13.5. The number of sulfone groups is 1. The quantitative estimate of drug-likeness (QED) is 0.102. The molecule has 7 heteroatoms. The van der Waals surface area contributed by atoms with Crippen LogP contribution in [-0.4, -0.2) is 8.42 Å². The largest absolute Gasteiger partial charge is 0.457 e. The summed E-state index contributed by atoms with van der Waals surface area (Å²) in [6.45, 7) is 16.2. The Morgan fingerprint density at radius 1 is 0.509 bits per heavy atom. The average Bonchev–Trinajstić information content (AvgIpc) is 3.22. The van der Waals surface area contributed by atoms with Crippen molar-refractivity contribution >= 4 is 9.84 Å². The highest BCUT2D eigenvalue weighted by atomic mass is 32.2. The van der Waals surface area contributed by atoms with E-state index in [0.717, 1.165) is 33.4 Å². The predicted molar refractivity (Wildman–Crippen MR) is 226 cm³/mol. The van der Waals surface area contributed by atoms with Crippen LogP contribution in [0.5, 0.6) is 23.0 Å². The molecule has 6 rings (SSSR count). The number of ether oxygens (including phenoxy) is 2. The van der Waals surface area contributed by atoms with Crippen LogP contribution in [0.15, 0.2) is 169 Å². The lowest BCUT2D eigenvalue weighted by Gasteiger charge is -2.27. The van der Waals surface area contributed by atoms with Crippen molar-refractivity contribution in [3.05, 3.63) is 203 Å². The van der Waals surface area contributed by atoms with Gasteiger partial charge in [0, 0.05) is 10.8 Å². The number of benzene rings is 6. The summed E-state index contributed by atoms with van der Waals surface area (Å²) in [5.74, 6) is 2.26. The van der Waals surface area contributed by atoms with Crippen molar-refractivity contribution in [3.63, 3.8) is 0 Å². The summed E-state index contributed by atoms with van der Waals surface area (Å²) in [4.78, 5) is 0.298. The fraction of sp³-hybridized carbons (Fsp3) is 0.160. The number of hydrogen-bond acceptors (Lipinski definition) is 6. The van der Waals surface area contributed by atoms with Crippen LogP contribution in [0, 0.1) is 22.7 Å². The van der Waals surface area contributed by atoms with Gasteiger partial charge in [-0.1, -0.05) is 88.4 Å². The van der Waals surface area contributed by atoms with Crippen molar-refractivity contribution in [1.82, 2.24) is 0 Å². The number of allylic oxidation sites excluding steroid dienone is 2. The third-order valence-electron chi connectivity index (χ3n) is 10.5. The number of nitrogens with zero attached hydrogens (tertiary/aromatic N) is 2. The first-order valence-electron chi connectivity index (χ1n) is 18.6. The van der Waals surface area contributed by atoms with Crippen molar-refractivity contribution in [2.75, 3.05) is 0 Å². The summed E-state index contributed by atoms with van der Waals surface area (Å²) in [5, 5.41) is 19.0. The maximum Gasteiger partial charge on any atom is 0.206 e. The maximum atomic E-state index is 13.5. The third-order valence-corrected chi connectivity index (χ3v) is 12.3. The van der Waals surface area contributed by atoms with Crippen LogP contribution in [0.1, 0.15) is 72.2 Å². The van der Waals surface area contributed by atoms with E-state index >= 15 is 0 Å². The van der Waals surface area contributed by atoms with Crippen molar-refractivity contribution in [1.29, 1.82) is 10.5 Å². The van der Waals surface area contributed by atoms with E-state index in [1.807, 2.05) is 72.8 Å².